The van der Waals surface area contributed by atoms with Gasteiger partial charge in [-0.3, -0.25) is 9.59 Å². The zero-order valence-electron chi connectivity index (χ0n) is 14.1. The van der Waals surface area contributed by atoms with Gasteiger partial charge in [0.15, 0.2) is 0 Å². The summed E-state index contributed by atoms with van der Waals surface area (Å²) in [6, 6.07) is 6.58. The van der Waals surface area contributed by atoms with E-state index in [4.69, 9.17) is 0 Å². The third-order valence-corrected chi connectivity index (χ3v) is 5.11. The number of likely N-dealkylation sites (N-methyl/N-ethyl adjacent to an activating group) is 1. The van der Waals surface area contributed by atoms with Crippen molar-refractivity contribution >= 4 is 17.6 Å². The molecule has 2 aliphatic rings. The first-order valence-corrected chi connectivity index (χ1v) is 8.32. The maximum absolute atomic E-state index is 12.8. The normalized spacial score (nSPS) is 25.7. The average Bonchev–Trinajstić information content (AvgIpc) is 2.85. The zero-order valence-corrected chi connectivity index (χ0v) is 14.1. The van der Waals surface area contributed by atoms with E-state index in [-0.39, 0.29) is 30.8 Å². The highest BCUT2D eigenvalue weighted by Crippen LogP contribution is 2.43. The molecule has 1 saturated heterocycles. The molecule has 5 heteroatoms. The van der Waals surface area contributed by atoms with Crippen molar-refractivity contribution in [3.05, 3.63) is 29.3 Å². The van der Waals surface area contributed by atoms with Crippen molar-refractivity contribution in [1.29, 1.82) is 0 Å². The Morgan fingerprint density at radius 2 is 2.13 bits per heavy atom. The van der Waals surface area contributed by atoms with Gasteiger partial charge in [-0.1, -0.05) is 17.7 Å². The Hall–Kier alpha value is -1.88. The van der Waals surface area contributed by atoms with Gasteiger partial charge in [0.05, 0.1) is 45.6 Å². The Bertz CT molecular complexity index is 629. The van der Waals surface area contributed by atoms with E-state index in [0.29, 0.717) is 5.92 Å². The molecule has 124 valence electrons. The summed E-state index contributed by atoms with van der Waals surface area (Å²) in [4.78, 5) is 27.6. The number of aryl methyl sites for hydroxylation is 1. The number of hydrogen-bond acceptors (Lipinski definition) is 3. The van der Waals surface area contributed by atoms with Gasteiger partial charge in [-0.15, -0.1) is 0 Å². The quantitative estimate of drug-likeness (QED) is 0.834. The number of anilines is 1. The standard InChI is InChI=1S/C18H24N2O3/c1-12-4-5-15-13(10-12)14-11-19(2)9-8-16(14)20(15)17(21)6-7-18(22)23-3/h4-5,10,14,16H,6-9,11H2,1-3H3/p+1. The molecule has 0 aliphatic carbocycles. The fraction of sp³-hybridized carbons (Fsp3) is 0.556. The molecule has 23 heavy (non-hydrogen) atoms. The van der Waals surface area contributed by atoms with Gasteiger partial charge < -0.3 is 14.5 Å². The van der Waals surface area contributed by atoms with Gasteiger partial charge in [-0.2, -0.15) is 0 Å². The summed E-state index contributed by atoms with van der Waals surface area (Å²) in [5.41, 5.74) is 3.56. The third-order valence-electron chi connectivity index (χ3n) is 5.11. The number of ether oxygens (including phenoxy) is 1. The summed E-state index contributed by atoms with van der Waals surface area (Å²) in [6.45, 7) is 4.23. The second-order valence-corrected chi connectivity index (χ2v) is 6.78. The largest absolute Gasteiger partial charge is 0.469 e. The molecule has 1 aromatic carbocycles. The monoisotopic (exact) mass is 317 g/mol. The number of fused-ring (bicyclic) bond motifs is 3. The molecule has 2 aliphatic heterocycles. The summed E-state index contributed by atoms with van der Waals surface area (Å²) >= 11 is 0. The van der Waals surface area contributed by atoms with Crippen LogP contribution in [0.5, 0.6) is 0 Å². The molecule has 0 saturated carbocycles. The second kappa shape index (κ2) is 6.32. The summed E-state index contributed by atoms with van der Waals surface area (Å²) < 4.78 is 4.66. The number of nitrogens with one attached hydrogen (secondary N) is 1. The Labute approximate surface area is 137 Å². The maximum Gasteiger partial charge on any atom is 0.306 e. The van der Waals surface area contributed by atoms with E-state index in [2.05, 4.69) is 36.9 Å². The minimum absolute atomic E-state index is 0.0348. The predicted octanol–water partition coefficient (Wildman–Crippen LogP) is 0.665. The lowest BCUT2D eigenvalue weighted by molar-refractivity contribution is -0.886. The molecule has 0 radical (unpaired) electrons. The summed E-state index contributed by atoms with van der Waals surface area (Å²) in [7, 11) is 3.57. The lowest BCUT2D eigenvalue weighted by Crippen LogP contribution is -3.11. The van der Waals surface area contributed by atoms with Gasteiger partial charge in [0, 0.05) is 18.5 Å². The molecule has 0 aromatic heterocycles. The molecule has 0 spiro atoms. The summed E-state index contributed by atoms with van der Waals surface area (Å²) in [6.07, 6.45) is 1.37. The van der Waals surface area contributed by atoms with Crippen LogP contribution in [0.25, 0.3) is 0 Å². The second-order valence-electron chi connectivity index (χ2n) is 6.78. The molecule has 3 rings (SSSR count). The molecule has 5 nitrogen and oxygen atoms in total. The van der Waals surface area contributed by atoms with Crippen LogP contribution in [0.2, 0.25) is 0 Å². The lowest BCUT2D eigenvalue weighted by atomic mass is 9.89. The third kappa shape index (κ3) is 2.98. The molecule has 1 aromatic rings. The first-order chi connectivity index (χ1) is 11.0. The van der Waals surface area contributed by atoms with Crippen LogP contribution in [-0.4, -0.2) is 45.2 Å². The minimum Gasteiger partial charge on any atom is -0.469 e. The fourth-order valence-electron chi connectivity index (χ4n) is 3.96. The van der Waals surface area contributed by atoms with Gasteiger partial charge in [-0.25, -0.2) is 0 Å². The predicted molar refractivity (Wildman–Crippen MR) is 87.7 cm³/mol. The van der Waals surface area contributed by atoms with Crippen molar-refractivity contribution in [2.75, 3.05) is 32.1 Å². The molecule has 3 unspecified atom stereocenters. The zero-order chi connectivity index (χ0) is 16.6. The summed E-state index contributed by atoms with van der Waals surface area (Å²) in [5, 5.41) is 0. The highest BCUT2D eigenvalue weighted by atomic mass is 16.5. The van der Waals surface area contributed by atoms with Crippen LogP contribution in [0.1, 0.15) is 36.3 Å². The Morgan fingerprint density at radius 3 is 2.87 bits per heavy atom. The molecule has 3 atom stereocenters. The Kier molecular flexibility index (Phi) is 4.39. The molecule has 1 fully saturated rings. The van der Waals surface area contributed by atoms with E-state index in [1.807, 2.05) is 4.90 Å². The number of carbonyl (C=O) groups is 2. The fourth-order valence-corrected chi connectivity index (χ4v) is 3.96. The lowest BCUT2D eigenvalue weighted by Gasteiger charge is -2.34. The van der Waals surface area contributed by atoms with Crippen molar-refractivity contribution in [2.45, 2.75) is 38.1 Å². The topological polar surface area (TPSA) is 51.1 Å². The number of quaternary nitrogens is 1. The smallest absolute Gasteiger partial charge is 0.306 e. The number of likely N-dealkylation sites (tertiary alicyclic amines) is 1. The van der Waals surface area contributed by atoms with E-state index in [9.17, 15) is 9.59 Å². The van der Waals surface area contributed by atoms with Gasteiger partial charge in [0.2, 0.25) is 5.91 Å². The molecule has 1 N–H and O–H groups in total. The van der Waals surface area contributed by atoms with Crippen molar-refractivity contribution in [2.24, 2.45) is 0 Å². The van der Waals surface area contributed by atoms with Crippen LogP contribution < -0.4 is 9.80 Å². The number of piperidine rings is 1. The number of rotatable bonds is 3. The van der Waals surface area contributed by atoms with E-state index >= 15 is 0 Å². The van der Waals surface area contributed by atoms with Gasteiger partial charge in [0.1, 0.15) is 0 Å². The van der Waals surface area contributed by atoms with Crippen LogP contribution in [0.3, 0.4) is 0 Å². The number of nitrogens with zero attached hydrogens (tertiary/aromatic N) is 1. The van der Waals surface area contributed by atoms with Crippen molar-refractivity contribution in [3.8, 4) is 0 Å². The Balaban J connectivity index is 1.88. The average molecular weight is 317 g/mol. The summed E-state index contributed by atoms with van der Waals surface area (Å²) in [5.74, 6) is 0.110. The molecule has 1 amide bonds. The van der Waals surface area contributed by atoms with Crippen LogP contribution in [0.15, 0.2) is 18.2 Å². The van der Waals surface area contributed by atoms with Crippen LogP contribution in [0, 0.1) is 6.92 Å². The van der Waals surface area contributed by atoms with E-state index in [1.54, 1.807) is 0 Å². The molecule has 0 bridgehead atoms. The number of hydrogen-bond donors (Lipinski definition) is 1. The number of carbonyl (C=O) groups excluding carboxylic acids is 2. The number of benzene rings is 1. The molecular weight excluding hydrogens is 292 g/mol. The van der Waals surface area contributed by atoms with E-state index in [0.717, 1.165) is 25.2 Å². The first kappa shape index (κ1) is 16.0. The molecular formula is C18H25N2O3+. The Morgan fingerprint density at radius 1 is 1.35 bits per heavy atom. The van der Waals surface area contributed by atoms with Gasteiger partial charge >= 0.3 is 5.97 Å². The van der Waals surface area contributed by atoms with Crippen LogP contribution in [0.4, 0.5) is 5.69 Å². The number of esters is 1. The SMILES string of the molecule is COC(=O)CCC(=O)N1c2ccc(C)cc2C2C[NH+](C)CCC21. The maximum atomic E-state index is 12.8. The van der Waals surface area contributed by atoms with Crippen LogP contribution >= 0.6 is 0 Å². The number of amides is 1. The van der Waals surface area contributed by atoms with Crippen molar-refractivity contribution in [1.82, 2.24) is 0 Å². The van der Waals surface area contributed by atoms with Crippen molar-refractivity contribution < 1.29 is 19.2 Å². The van der Waals surface area contributed by atoms with Gasteiger partial charge in [-0.05, 0) is 18.6 Å². The van der Waals surface area contributed by atoms with Crippen LogP contribution in [-0.2, 0) is 14.3 Å². The minimum atomic E-state index is -0.328. The molecule has 2 heterocycles. The van der Waals surface area contributed by atoms with E-state index in [1.165, 1.54) is 23.1 Å². The van der Waals surface area contributed by atoms with E-state index < -0.39 is 0 Å². The first-order valence-electron chi connectivity index (χ1n) is 8.32. The highest BCUT2D eigenvalue weighted by Gasteiger charge is 2.45. The number of methoxy groups -OCH3 is 1. The van der Waals surface area contributed by atoms with Crippen molar-refractivity contribution in [3.63, 3.8) is 0 Å². The highest BCUT2D eigenvalue weighted by molar-refractivity contribution is 5.98. The van der Waals surface area contributed by atoms with Gasteiger partial charge in [0.25, 0.3) is 0 Å².